The number of carbonyl (C=O) groups is 1. The van der Waals surface area contributed by atoms with Crippen molar-refractivity contribution in [1.29, 1.82) is 0 Å². The van der Waals surface area contributed by atoms with Crippen LogP contribution in [-0.4, -0.2) is 44.5 Å². The van der Waals surface area contributed by atoms with Gasteiger partial charge in [0.1, 0.15) is 5.82 Å². The molecule has 1 aromatic carbocycles. The Morgan fingerprint density at radius 3 is 2.61 bits per heavy atom. The van der Waals surface area contributed by atoms with E-state index in [0.29, 0.717) is 13.0 Å². The molecule has 1 rings (SSSR count). The molecular formula is C13H20FN3O. The first-order chi connectivity index (χ1) is 8.49. The average molecular weight is 253 g/mol. The summed E-state index contributed by atoms with van der Waals surface area (Å²) in [6, 6.07) is 4.83. The molecule has 0 aliphatic heterocycles. The van der Waals surface area contributed by atoms with Crippen LogP contribution in [0, 0.1) is 5.82 Å². The molecule has 0 radical (unpaired) electrons. The molecule has 1 atom stereocenters. The molecule has 0 bridgehead atoms. The first-order valence-electron chi connectivity index (χ1n) is 5.86. The standard InChI is InChI=1S/C13H20FN3O/c1-16-13(18)11-5-4-9(7-12(11)14)6-10(8-15)17(2)3/h4-5,7,10H,6,8,15H2,1-3H3,(H,16,18). The highest BCUT2D eigenvalue weighted by molar-refractivity contribution is 5.94. The van der Waals surface area contributed by atoms with Crippen LogP contribution in [0.3, 0.4) is 0 Å². The number of likely N-dealkylation sites (N-methyl/N-ethyl adjacent to an activating group) is 1. The maximum Gasteiger partial charge on any atom is 0.253 e. The number of amides is 1. The smallest absolute Gasteiger partial charge is 0.253 e. The number of benzene rings is 1. The van der Waals surface area contributed by atoms with Gasteiger partial charge in [-0.2, -0.15) is 0 Å². The Balaban J connectivity index is 2.87. The van der Waals surface area contributed by atoms with Crippen molar-refractivity contribution in [2.24, 2.45) is 5.73 Å². The van der Waals surface area contributed by atoms with Gasteiger partial charge in [0.05, 0.1) is 5.56 Å². The quantitative estimate of drug-likeness (QED) is 0.808. The van der Waals surface area contributed by atoms with Crippen LogP contribution in [-0.2, 0) is 6.42 Å². The van der Waals surface area contributed by atoms with Gasteiger partial charge in [-0.25, -0.2) is 4.39 Å². The second-order valence-corrected chi connectivity index (χ2v) is 4.45. The fourth-order valence-electron chi connectivity index (χ4n) is 1.75. The van der Waals surface area contributed by atoms with Gasteiger partial charge >= 0.3 is 0 Å². The molecule has 1 unspecified atom stereocenters. The third-order valence-corrected chi connectivity index (χ3v) is 2.98. The van der Waals surface area contributed by atoms with Crippen molar-refractivity contribution in [1.82, 2.24) is 10.2 Å². The van der Waals surface area contributed by atoms with E-state index in [2.05, 4.69) is 5.32 Å². The Bertz CT molecular complexity index is 421. The predicted molar refractivity (Wildman–Crippen MR) is 70.0 cm³/mol. The minimum Gasteiger partial charge on any atom is -0.355 e. The lowest BCUT2D eigenvalue weighted by Gasteiger charge is -2.22. The Morgan fingerprint density at radius 1 is 1.50 bits per heavy atom. The molecule has 0 spiro atoms. The van der Waals surface area contributed by atoms with Crippen LogP contribution in [0.15, 0.2) is 18.2 Å². The second-order valence-electron chi connectivity index (χ2n) is 4.45. The van der Waals surface area contributed by atoms with Gasteiger partial charge in [-0.15, -0.1) is 0 Å². The van der Waals surface area contributed by atoms with E-state index < -0.39 is 11.7 Å². The van der Waals surface area contributed by atoms with E-state index in [-0.39, 0.29) is 11.6 Å². The molecule has 0 aliphatic carbocycles. The zero-order valence-electron chi connectivity index (χ0n) is 11.0. The summed E-state index contributed by atoms with van der Waals surface area (Å²) in [5.41, 5.74) is 6.56. The monoisotopic (exact) mass is 253 g/mol. The van der Waals surface area contributed by atoms with Crippen molar-refractivity contribution in [2.75, 3.05) is 27.7 Å². The summed E-state index contributed by atoms with van der Waals surface area (Å²) >= 11 is 0. The summed E-state index contributed by atoms with van der Waals surface area (Å²) in [7, 11) is 5.35. The molecular weight excluding hydrogens is 233 g/mol. The van der Waals surface area contributed by atoms with Crippen molar-refractivity contribution in [3.05, 3.63) is 35.1 Å². The summed E-state index contributed by atoms with van der Waals surface area (Å²) in [6.07, 6.45) is 0.661. The van der Waals surface area contributed by atoms with Crippen molar-refractivity contribution >= 4 is 5.91 Å². The lowest BCUT2D eigenvalue weighted by molar-refractivity contribution is 0.0959. The lowest BCUT2D eigenvalue weighted by Crippen LogP contribution is -2.36. The maximum atomic E-state index is 13.7. The van der Waals surface area contributed by atoms with Gasteiger partial charge < -0.3 is 16.0 Å². The van der Waals surface area contributed by atoms with Gasteiger partial charge in [0.15, 0.2) is 0 Å². The normalized spacial score (nSPS) is 12.6. The van der Waals surface area contributed by atoms with E-state index in [1.54, 1.807) is 6.07 Å². The third-order valence-electron chi connectivity index (χ3n) is 2.98. The molecule has 1 amide bonds. The van der Waals surface area contributed by atoms with E-state index in [1.807, 2.05) is 19.0 Å². The second kappa shape index (κ2) is 6.47. The summed E-state index contributed by atoms with van der Waals surface area (Å²) < 4.78 is 13.7. The number of halogens is 1. The summed E-state index contributed by atoms with van der Waals surface area (Å²) in [6.45, 7) is 0.506. The number of carbonyl (C=O) groups excluding carboxylic acids is 1. The van der Waals surface area contributed by atoms with Crippen LogP contribution in [0.1, 0.15) is 15.9 Å². The van der Waals surface area contributed by atoms with Crippen LogP contribution < -0.4 is 11.1 Å². The van der Waals surface area contributed by atoms with Gasteiger partial charge in [0.25, 0.3) is 5.91 Å². The van der Waals surface area contributed by atoms with E-state index in [4.69, 9.17) is 5.73 Å². The average Bonchev–Trinajstić information content (AvgIpc) is 2.34. The SMILES string of the molecule is CNC(=O)c1ccc(CC(CN)N(C)C)cc1F. The third kappa shape index (κ3) is 3.51. The number of nitrogens with one attached hydrogen (secondary N) is 1. The Labute approximate surface area is 107 Å². The Kier molecular flexibility index (Phi) is 5.25. The number of nitrogens with two attached hydrogens (primary N) is 1. The van der Waals surface area contributed by atoms with E-state index in [1.165, 1.54) is 19.2 Å². The van der Waals surface area contributed by atoms with Gasteiger partial charge in [-0.05, 0) is 38.2 Å². The maximum absolute atomic E-state index is 13.7. The Hall–Kier alpha value is -1.46. The number of hydrogen-bond acceptors (Lipinski definition) is 3. The van der Waals surface area contributed by atoms with Gasteiger partial charge in [-0.1, -0.05) is 6.07 Å². The molecule has 18 heavy (non-hydrogen) atoms. The van der Waals surface area contributed by atoms with Gasteiger partial charge in [0.2, 0.25) is 0 Å². The zero-order chi connectivity index (χ0) is 13.7. The largest absolute Gasteiger partial charge is 0.355 e. The highest BCUT2D eigenvalue weighted by atomic mass is 19.1. The zero-order valence-corrected chi connectivity index (χ0v) is 11.0. The lowest BCUT2D eigenvalue weighted by atomic mass is 10.0. The molecule has 0 fully saturated rings. The van der Waals surface area contributed by atoms with Gasteiger partial charge in [0, 0.05) is 19.6 Å². The van der Waals surface area contributed by atoms with Crippen LogP contribution in [0.25, 0.3) is 0 Å². The van der Waals surface area contributed by atoms with Crippen molar-refractivity contribution in [3.63, 3.8) is 0 Å². The molecule has 0 saturated carbocycles. The van der Waals surface area contributed by atoms with Crippen LogP contribution >= 0.6 is 0 Å². The first-order valence-corrected chi connectivity index (χ1v) is 5.86. The fourth-order valence-corrected chi connectivity index (χ4v) is 1.75. The number of hydrogen-bond donors (Lipinski definition) is 2. The molecule has 4 nitrogen and oxygen atoms in total. The van der Waals surface area contributed by atoms with Gasteiger partial charge in [-0.3, -0.25) is 4.79 Å². The predicted octanol–water partition coefficient (Wildman–Crippen LogP) is 0.617. The molecule has 5 heteroatoms. The van der Waals surface area contributed by atoms with Crippen LogP contribution in [0.5, 0.6) is 0 Å². The Morgan fingerprint density at radius 2 is 2.17 bits per heavy atom. The van der Waals surface area contributed by atoms with Crippen LogP contribution in [0.2, 0.25) is 0 Å². The van der Waals surface area contributed by atoms with Crippen molar-refractivity contribution in [3.8, 4) is 0 Å². The minimum atomic E-state index is -0.499. The summed E-state index contributed by atoms with van der Waals surface area (Å²) in [4.78, 5) is 13.4. The molecule has 0 saturated heterocycles. The molecule has 0 heterocycles. The topological polar surface area (TPSA) is 58.4 Å². The van der Waals surface area contributed by atoms with E-state index >= 15 is 0 Å². The highest BCUT2D eigenvalue weighted by Gasteiger charge is 2.14. The molecule has 1 aromatic rings. The molecule has 100 valence electrons. The number of rotatable bonds is 5. The molecule has 0 aromatic heterocycles. The minimum absolute atomic E-state index is 0.0652. The molecule has 0 aliphatic rings. The fraction of sp³-hybridized carbons (Fsp3) is 0.462. The highest BCUT2D eigenvalue weighted by Crippen LogP contribution is 2.13. The van der Waals surface area contributed by atoms with E-state index in [0.717, 1.165) is 5.56 Å². The summed E-state index contributed by atoms with van der Waals surface area (Å²) in [5, 5.41) is 2.40. The van der Waals surface area contributed by atoms with Crippen molar-refractivity contribution < 1.29 is 9.18 Å². The van der Waals surface area contributed by atoms with Crippen LogP contribution in [0.4, 0.5) is 4.39 Å². The van der Waals surface area contributed by atoms with Crippen molar-refractivity contribution in [2.45, 2.75) is 12.5 Å². The van der Waals surface area contributed by atoms with E-state index in [9.17, 15) is 9.18 Å². The number of nitrogens with zero attached hydrogens (tertiary/aromatic N) is 1. The molecule has 3 N–H and O–H groups in total. The summed E-state index contributed by atoms with van der Waals surface area (Å²) in [5.74, 6) is -0.914. The first kappa shape index (κ1) is 14.6.